The van der Waals surface area contributed by atoms with Crippen LogP contribution >= 0.6 is 45.5 Å². The van der Waals surface area contributed by atoms with E-state index in [0.717, 1.165) is 3.57 Å². The highest BCUT2D eigenvalue weighted by atomic mass is 127. The van der Waals surface area contributed by atoms with Crippen LogP contribution in [0.15, 0.2) is 11.4 Å². The minimum atomic E-state index is -0.366. The lowest BCUT2D eigenvalue weighted by Crippen LogP contribution is -1.83. The second-order valence-electron chi connectivity index (χ2n) is 1.37. The first-order chi connectivity index (χ1) is 4.22. The first-order valence-electron chi connectivity index (χ1n) is 2.14. The molecule has 0 aliphatic rings. The van der Waals surface area contributed by atoms with Gasteiger partial charge >= 0.3 is 0 Å². The molecule has 0 spiro atoms. The quantitative estimate of drug-likeness (QED) is 0.567. The first-order valence-corrected chi connectivity index (χ1v) is 4.48. The fraction of sp³-hybridized carbons (Fsp3) is 0. The molecule has 0 fully saturated rings. The highest BCUT2D eigenvalue weighted by molar-refractivity contribution is 14.1. The predicted octanol–water partition coefficient (Wildman–Crippen LogP) is 2.73. The maximum absolute atomic E-state index is 10.5. The molecule has 9 heavy (non-hydrogen) atoms. The van der Waals surface area contributed by atoms with Crippen LogP contribution in [0.1, 0.15) is 9.67 Å². The second kappa shape index (κ2) is 2.98. The number of carbonyl (C=O) groups excluding carboxylic acids is 1. The van der Waals surface area contributed by atoms with Crippen molar-refractivity contribution in [1.29, 1.82) is 0 Å². The maximum Gasteiger partial charge on any atom is 0.263 e. The van der Waals surface area contributed by atoms with Crippen molar-refractivity contribution in [1.82, 2.24) is 0 Å². The molecule has 4 heteroatoms. The van der Waals surface area contributed by atoms with Gasteiger partial charge in [0, 0.05) is 3.57 Å². The van der Waals surface area contributed by atoms with Crippen LogP contribution in [-0.4, -0.2) is 5.24 Å². The summed E-state index contributed by atoms with van der Waals surface area (Å²) in [7, 11) is 0. The van der Waals surface area contributed by atoms with Gasteiger partial charge in [0.15, 0.2) is 0 Å². The molecule has 1 aromatic heterocycles. The van der Waals surface area contributed by atoms with Gasteiger partial charge in [-0.15, -0.1) is 11.3 Å². The van der Waals surface area contributed by atoms with Crippen molar-refractivity contribution in [3.8, 4) is 0 Å². The number of hydrogen-bond acceptors (Lipinski definition) is 2. The average Bonchev–Trinajstić information content (AvgIpc) is 2.13. The summed E-state index contributed by atoms with van der Waals surface area (Å²) in [6.07, 6.45) is 0. The average molecular weight is 272 g/mol. The van der Waals surface area contributed by atoms with Crippen LogP contribution in [0.4, 0.5) is 0 Å². The minimum Gasteiger partial charge on any atom is -0.275 e. The Hall–Kier alpha value is 0.390. The van der Waals surface area contributed by atoms with Crippen molar-refractivity contribution < 1.29 is 4.79 Å². The summed E-state index contributed by atoms with van der Waals surface area (Å²) in [5, 5.41) is 1.48. The molecule has 0 aliphatic carbocycles. The highest BCUT2D eigenvalue weighted by Crippen LogP contribution is 2.20. The van der Waals surface area contributed by atoms with Gasteiger partial charge in [0.25, 0.3) is 5.24 Å². The molecule has 0 amide bonds. The van der Waals surface area contributed by atoms with Gasteiger partial charge in [-0.3, -0.25) is 4.79 Å². The summed E-state index contributed by atoms with van der Waals surface area (Å²) in [6.45, 7) is 0. The van der Waals surface area contributed by atoms with Crippen LogP contribution in [0, 0.1) is 3.57 Å². The zero-order valence-corrected chi connectivity index (χ0v) is 7.96. The standard InChI is InChI=1S/C5H2ClIOS/c6-5(8)4-3(7)1-2-9-4/h1-2H. The van der Waals surface area contributed by atoms with E-state index in [9.17, 15) is 4.79 Å². The van der Waals surface area contributed by atoms with E-state index in [0.29, 0.717) is 4.88 Å². The van der Waals surface area contributed by atoms with E-state index < -0.39 is 0 Å². The number of thiophene rings is 1. The van der Waals surface area contributed by atoms with Crippen molar-refractivity contribution in [3.05, 3.63) is 19.9 Å². The van der Waals surface area contributed by atoms with Crippen LogP contribution in [0.25, 0.3) is 0 Å². The van der Waals surface area contributed by atoms with Crippen molar-refractivity contribution in [3.63, 3.8) is 0 Å². The SMILES string of the molecule is O=C(Cl)c1sccc1I. The predicted molar refractivity (Wildman–Crippen MR) is 47.2 cm³/mol. The molecule has 1 nitrogen and oxygen atoms in total. The molecule has 0 radical (unpaired) electrons. The van der Waals surface area contributed by atoms with Crippen LogP contribution in [-0.2, 0) is 0 Å². The highest BCUT2D eigenvalue weighted by Gasteiger charge is 2.06. The van der Waals surface area contributed by atoms with E-state index in [1.807, 2.05) is 11.4 Å². The molecule has 0 aromatic carbocycles. The Morgan fingerprint density at radius 1 is 1.78 bits per heavy atom. The van der Waals surface area contributed by atoms with Crippen LogP contribution < -0.4 is 0 Å². The van der Waals surface area contributed by atoms with Gasteiger partial charge in [0.2, 0.25) is 0 Å². The van der Waals surface area contributed by atoms with E-state index in [4.69, 9.17) is 11.6 Å². The molecule has 48 valence electrons. The molecule has 0 aliphatic heterocycles. The van der Waals surface area contributed by atoms with Gasteiger partial charge in [0.05, 0.1) is 4.88 Å². The zero-order valence-electron chi connectivity index (χ0n) is 4.23. The van der Waals surface area contributed by atoms with Gasteiger partial charge in [-0.2, -0.15) is 0 Å². The number of carbonyl (C=O) groups is 1. The summed E-state index contributed by atoms with van der Waals surface area (Å²) < 4.78 is 0.928. The van der Waals surface area contributed by atoms with Gasteiger partial charge in [0.1, 0.15) is 0 Å². The van der Waals surface area contributed by atoms with Gasteiger partial charge in [-0.05, 0) is 45.6 Å². The van der Waals surface area contributed by atoms with Crippen molar-refractivity contribution in [2.45, 2.75) is 0 Å². The smallest absolute Gasteiger partial charge is 0.263 e. The summed E-state index contributed by atoms with van der Waals surface area (Å²) in [5.74, 6) is 0. The fourth-order valence-electron chi connectivity index (χ4n) is 0.434. The summed E-state index contributed by atoms with van der Waals surface area (Å²) in [5.41, 5.74) is 0. The maximum atomic E-state index is 10.5. The number of rotatable bonds is 1. The third kappa shape index (κ3) is 1.65. The van der Waals surface area contributed by atoms with E-state index in [-0.39, 0.29) is 5.24 Å². The summed E-state index contributed by atoms with van der Waals surface area (Å²) in [6, 6.07) is 1.86. The molecule has 0 unspecified atom stereocenters. The van der Waals surface area contributed by atoms with Crippen molar-refractivity contribution in [2.24, 2.45) is 0 Å². The molecule has 0 bridgehead atoms. The third-order valence-corrected chi connectivity index (χ3v) is 3.27. The molecular formula is C5H2ClIOS. The monoisotopic (exact) mass is 272 g/mol. The third-order valence-electron chi connectivity index (χ3n) is 0.796. The Bertz CT molecular complexity index is 233. The fourth-order valence-corrected chi connectivity index (χ4v) is 2.49. The van der Waals surface area contributed by atoms with Crippen LogP contribution in [0.3, 0.4) is 0 Å². The lowest BCUT2D eigenvalue weighted by atomic mass is 10.5. The summed E-state index contributed by atoms with van der Waals surface area (Å²) >= 11 is 8.66. The summed E-state index contributed by atoms with van der Waals surface area (Å²) in [4.78, 5) is 11.1. The first kappa shape index (κ1) is 7.50. The van der Waals surface area contributed by atoms with Gasteiger partial charge < -0.3 is 0 Å². The Morgan fingerprint density at radius 3 is 2.67 bits per heavy atom. The Labute approximate surface area is 75.2 Å². The lowest BCUT2D eigenvalue weighted by Gasteiger charge is -1.83. The minimum absolute atomic E-state index is 0.366. The van der Waals surface area contributed by atoms with Crippen molar-refractivity contribution in [2.75, 3.05) is 0 Å². The molecule has 0 saturated carbocycles. The topological polar surface area (TPSA) is 17.1 Å². The normalized spacial score (nSPS) is 9.56. The zero-order chi connectivity index (χ0) is 6.85. The Morgan fingerprint density at radius 2 is 2.44 bits per heavy atom. The molecule has 0 atom stereocenters. The van der Waals surface area contributed by atoms with Crippen LogP contribution in [0.2, 0.25) is 0 Å². The van der Waals surface area contributed by atoms with Gasteiger partial charge in [-0.1, -0.05) is 0 Å². The van der Waals surface area contributed by atoms with E-state index in [1.165, 1.54) is 11.3 Å². The van der Waals surface area contributed by atoms with Gasteiger partial charge in [-0.25, -0.2) is 0 Å². The van der Waals surface area contributed by atoms with Crippen molar-refractivity contribution >= 4 is 50.8 Å². The molecular weight excluding hydrogens is 270 g/mol. The largest absolute Gasteiger partial charge is 0.275 e. The van der Waals surface area contributed by atoms with E-state index in [2.05, 4.69) is 22.6 Å². The lowest BCUT2D eigenvalue weighted by molar-refractivity contribution is 0.108. The molecule has 0 N–H and O–H groups in total. The number of hydrogen-bond donors (Lipinski definition) is 0. The van der Waals surface area contributed by atoms with E-state index >= 15 is 0 Å². The molecule has 0 saturated heterocycles. The molecule has 1 heterocycles. The Kier molecular flexibility index (Phi) is 2.49. The second-order valence-corrected chi connectivity index (χ2v) is 3.79. The number of halogens is 2. The molecule has 1 rings (SSSR count). The van der Waals surface area contributed by atoms with Crippen LogP contribution in [0.5, 0.6) is 0 Å². The Balaban J connectivity index is 3.08. The molecule has 1 aromatic rings. The van der Waals surface area contributed by atoms with E-state index in [1.54, 1.807) is 0 Å².